The Morgan fingerprint density at radius 1 is 1.19 bits per heavy atom. The number of hydrogen-bond acceptors (Lipinski definition) is 3. The van der Waals surface area contributed by atoms with Gasteiger partial charge in [0.2, 0.25) is 0 Å². The number of carbonyl (C=O) groups excluding carboxylic acids is 1. The zero-order valence-electron chi connectivity index (χ0n) is 10.1. The topological polar surface area (TPSA) is 54.9 Å². The number of aromatic nitrogens is 2. The van der Waals surface area contributed by atoms with Gasteiger partial charge in [-0.3, -0.25) is 4.79 Å². The lowest BCUT2D eigenvalue weighted by atomic mass is 10.1. The van der Waals surface area contributed by atoms with E-state index < -0.39 is 23.5 Å². The third-order valence-corrected chi connectivity index (χ3v) is 2.70. The normalized spacial score (nSPS) is 11.3. The highest BCUT2D eigenvalue weighted by Gasteiger charge is 2.34. The molecule has 2 aromatic rings. The van der Waals surface area contributed by atoms with Crippen molar-refractivity contribution in [2.24, 2.45) is 0 Å². The zero-order valence-corrected chi connectivity index (χ0v) is 10.8. The molecule has 0 fully saturated rings. The number of hydrogen-bond donors (Lipinski definition) is 1. The van der Waals surface area contributed by atoms with E-state index in [-0.39, 0.29) is 16.5 Å². The van der Waals surface area contributed by atoms with Crippen molar-refractivity contribution in [2.75, 3.05) is 5.32 Å². The molecule has 1 heterocycles. The standard InChI is InChI=1S/C12H6ClF4N3O/c13-9-10(19-4-3-18-9)20-11(21)6-1-2-8(14)7(5-6)12(15,16)17/h1-5H,(H,19,20,21). The number of rotatable bonds is 2. The largest absolute Gasteiger partial charge is 0.419 e. The Balaban J connectivity index is 2.31. The summed E-state index contributed by atoms with van der Waals surface area (Å²) in [5, 5.41) is 2.07. The van der Waals surface area contributed by atoms with E-state index in [2.05, 4.69) is 15.3 Å². The Labute approximate surface area is 120 Å². The van der Waals surface area contributed by atoms with Crippen LogP contribution in [-0.2, 0) is 6.18 Å². The third-order valence-electron chi connectivity index (χ3n) is 2.42. The minimum absolute atomic E-state index is 0.109. The van der Waals surface area contributed by atoms with E-state index in [1.807, 2.05) is 0 Å². The van der Waals surface area contributed by atoms with Gasteiger partial charge in [-0.2, -0.15) is 13.2 Å². The van der Waals surface area contributed by atoms with Crippen LogP contribution in [0.2, 0.25) is 5.15 Å². The summed E-state index contributed by atoms with van der Waals surface area (Å²) in [5.74, 6) is -2.48. The molecule has 4 nitrogen and oxygen atoms in total. The van der Waals surface area contributed by atoms with Crippen LogP contribution in [0.1, 0.15) is 15.9 Å². The van der Waals surface area contributed by atoms with E-state index in [4.69, 9.17) is 11.6 Å². The Kier molecular flexibility index (Phi) is 4.08. The highest BCUT2D eigenvalue weighted by molar-refractivity contribution is 6.32. The van der Waals surface area contributed by atoms with Gasteiger partial charge in [-0.15, -0.1) is 0 Å². The highest BCUT2D eigenvalue weighted by atomic mass is 35.5. The second kappa shape index (κ2) is 5.65. The number of halogens is 5. The Morgan fingerprint density at radius 3 is 2.48 bits per heavy atom. The first kappa shape index (κ1) is 15.2. The third kappa shape index (κ3) is 3.46. The molecule has 1 amide bonds. The molecule has 0 aliphatic rings. The minimum Gasteiger partial charge on any atom is -0.304 e. The fourth-order valence-corrected chi connectivity index (χ4v) is 1.62. The summed E-state index contributed by atoms with van der Waals surface area (Å²) in [4.78, 5) is 19.2. The molecule has 21 heavy (non-hydrogen) atoms. The summed E-state index contributed by atoms with van der Waals surface area (Å²) in [5.41, 5.74) is -1.91. The van der Waals surface area contributed by atoms with Crippen LogP contribution in [0.3, 0.4) is 0 Å². The van der Waals surface area contributed by atoms with Gasteiger partial charge < -0.3 is 5.32 Å². The predicted molar refractivity (Wildman–Crippen MR) is 66.4 cm³/mol. The number of benzene rings is 1. The SMILES string of the molecule is O=C(Nc1nccnc1Cl)c1ccc(F)c(C(F)(F)F)c1. The van der Waals surface area contributed by atoms with Gasteiger partial charge in [0.25, 0.3) is 5.91 Å². The van der Waals surface area contributed by atoms with Crippen molar-refractivity contribution >= 4 is 23.3 Å². The number of anilines is 1. The van der Waals surface area contributed by atoms with Crippen LogP contribution in [0, 0.1) is 5.82 Å². The summed E-state index contributed by atoms with van der Waals surface area (Å²) in [6.45, 7) is 0. The van der Waals surface area contributed by atoms with Crippen molar-refractivity contribution in [1.82, 2.24) is 9.97 Å². The molecule has 1 aromatic carbocycles. The molecule has 0 aliphatic heterocycles. The molecule has 0 bridgehead atoms. The second-order valence-electron chi connectivity index (χ2n) is 3.84. The Bertz CT molecular complexity index is 690. The van der Waals surface area contributed by atoms with Crippen molar-refractivity contribution in [1.29, 1.82) is 0 Å². The summed E-state index contributed by atoms with van der Waals surface area (Å²) in [6, 6.07) is 1.90. The Hall–Kier alpha value is -2.22. The smallest absolute Gasteiger partial charge is 0.304 e. The average Bonchev–Trinajstić information content (AvgIpc) is 2.40. The fourth-order valence-electron chi connectivity index (χ4n) is 1.47. The first-order valence-corrected chi connectivity index (χ1v) is 5.81. The first-order chi connectivity index (χ1) is 9.79. The number of amides is 1. The number of nitrogens with one attached hydrogen (secondary N) is 1. The lowest BCUT2D eigenvalue weighted by Gasteiger charge is -2.10. The molecule has 0 unspecified atom stereocenters. The second-order valence-corrected chi connectivity index (χ2v) is 4.20. The van der Waals surface area contributed by atoms with Gasteiger partial charge in [0.1, 0.15) is 5.82 Å². The number of nitrogens with zero attached hydrogens (tertiary/aromatic N) is 2. The molecule has 0 saturated heterocycles. The lowest BCUT2D eigenvalue weighted by Crippen LogP contribution is -2.16. The first-order valence-electron chi connectivity index (χ1n) is 5.43. The maximum absolute atomic E-state index is 13.1. The quantitative estimate of drug-likeness (QED) is 0.861. The number of carbonyl (C=O) groups is 1. The van der Waals surface area contributed by atoms with E-state index >= 15 is 0 Å². The minimum atomic E-state index is -4.90. The number of alkyl halides is 3. The van der Waals surface area contributed by atoms with Gasteiger partial charge in [-0.1, -0.05) is 11.6 Å². The van der Waals surface area contributed by atoms with Gasteiger partial charge >= 0.3 is 6.18 Å². The molecule has 1 N–H and O–H groups in total. The Morgan fingerprint density at radius 2 is 1.86 bits per heavy atom. The van der Waals surface area contributed by atoms with Crippen LogP contribution in [0.5, 0.6) is 0 Å². The van der Waals surface area contributed by atoms with Crippen molar-refractivity contribution < 1.29 is 22.4 Å². The van der Waals surface area contributed by atoms with E-state index in [0.29, 0.717) is 12.1 Å². The fraction of sp³-hybridized carbons (Fsp3) is 0.0833. The lowest BCUT2D eigenvalue weighted by molar-refractivity contribution is -0.140. The van der Waals surface area contributed by atoms with Crippen molar-refractivity contribution in [3.63, 3.8) is 0 Å². The summed E-state index contributed by atoms with van der Waals surface area (Å²) < 4.78 is 50.8. The summed E-state index contributed by atoms with van der Waals surface area (Å²) >= 11 is 5.66. The molecule has 0 spiro atoms. The highest BCUT2D eigenvalue weighted by Crippen LogP contribution is 2.32. The van der Waals surface area contributed by atoms with Crippen LogP contribution in [-0.4, -0.2) is 15.9 Å². The summed E-state index contributed by atoms with van der Waals surface area (Å²) in [6.07, 6.45) is -2.38. The maximum atomic E-state index is 13.1. The monoisotopic (exact) mass is 319 g/mol. The molecule has 2 rings (SSSR count). The van der Waals surface area contributed by atoms with Crippen LogP contribution < -0.4 is 5.32 Å². The predicted octanol–water partition coefficient (Wildman–Crippen LogP) is 3.54. The van der Waals surface area contributed by atoms with Crippen molar-refractivity contribution in [3.8, 4) is 0 Å². The molecule has 0 radical (unpaired) electrons. The van der Waals surface area contributed by atoms with E-state index in [1.165, 1.54) is 12.4 Å². The van der Waals surface area contributed by atoms with Gasteiger partial charge in [-0.05, 0) is 18.2 Å². The van der Waals surface area contributed by atoms with Crippen LogP contribution in [0.25, 0.3) is 0 Å². The molecular weight excluding hydrogens is 314 g/mol. The molecule has 0 aliphatic carbocycles. The van der Waals surface area contributed by atoms with Crippen molar-refractivity contribution in [3.05, 3.63) is 52.7 Å². The van der Waals surface area contributed by atoms with E-state index in [1.54, 1.807) is 0 Å². The van der Waals surface area contributed by atoms with E-state index in [9.17, 15) is 22.4 Å². The van der Waals surface area contributed by atoms with Crippen LogP contribution in [0.15, 0.2) is 30.6 Å². The van der Waals surface area contributed by atoms with Gasteiger partial charge in [0, 0.05) is 18.0 Å². The van der Waals surface area contributed by atoms with Crippen LogP contribution in [0.4, 0.5) is 23.4 Å². The average molecular weight is 320 g/mol. The molecule has 0 saturated carbocycles. The molecule has 0 atom stereocenters. The molecule has 9 heteroatoms. The molecular formula is C12H6ClF4N3O. The maximum Gasteiger partial charge on any atom is 0.419 e. The van der Waals surface area contributed by atoms with Crippen molar-refractivity contribution in [2.45, 2.75) is 6.18 Å². The zero-order chi connectivity index (χ0) is 15.6. The molecule has 110 valence electrons. The van der Waals surface area contributed by atoms with Gasteiger partial charge in [-0.25, -0.2) is 14.4 Å². The van der Waals surface area contributed by atoms with Gasteiger partial charge in [0.15, 0.2) is 11.0 Å². The van der Waals surface area contributed by atoms with Gasteiger partial charge in [0.05, 0.1) is 5.56 Å². The van der Waals surface area contributed by atoms with Crippen LogP contribution >= 0.6 is 11.6 Å². The van der Waals surface area contributed by atoms with E-state index in [0.717, 1.165) is 6.07 Å². The molecule has 1 aromatic heterocycles. The summed E-state index contributed by atoms with van der Waals surface area (Å²) in [7, 11) is 0.